The highest BCUT2D eigenvalue weighted by Crippen LogP contribution is 2.06. The van der Waals surface area contributed by atoms with Crippen molar-refractivity contribution in [2.45, 2.75) is 56.7 Å². The number of nitrogens with two attached hydrogens (primary N) is 4. The van der Waals surface area contributed by atoms with Crippen LogP contribution in [0.2, 0.25) is 0 Å². The molecule has 0 saturated carbocycles. The Morgan fingerprint density at radius 3 is 2.21 bits per heavy atom. The third kappa shape index (κ3) is 12.9. The Balaban J connectivity index is 4.86. The van der Waals surface area contributed by atoms with Gasteiger partial charge in [0.1, 0.15) is 12.1 Å². The van der Waals surface area contributed by atoms with Gasteiger partial charge in [-0.05, 0) is 50.7 Å². The van der Waals surface area contributed by atoms with E-state index in [0.29, 0.717) is 38.0 Å². The maximum absolute atomic E-state index is 12.6. The van der Waals surface area contributed by atoms with Gasteiger partial charge >= 0.3 is 5.97 Å². The van der Waals surface area contributed by atoms with E-state index in [2.05, 4.69) is 15.6 Å². The third-order valence-electron chi connectivity index (χ3n) is 4.11. The molecule has 0 radical (unpaired) electrons. The number of carboxylic acid groups (broad SMARTS) is 1. The molecule has 0 aliphatic heterocycles. The maximum atomic E-state index is 12.6. The summed E-state index contributed by atoms with van der Waals surface area (Å²) in [6, 6.07) is -2.72. The summed E-state index contributed by atoms with van der Waals surface area (Å²) >= 11 is 1.51. The molecule has 12 heteroatoms. The first-order valence-electron chi connectivity index (χ1n) is 9.56. The Kier molecular flexibility index (Phi) is 14.7. The number of nitrogens with zero attached hydrogens (tertiary/aromatic N) is 1. The number of aliphatic imine (C=N–C) groups is 1. The second-order valence-corrected chi connectivity index (χ2v) is 7.57. The summed E-state index contributed by atoms with van der Waals surface area (Å²) < 4.78 is 0. The van der Waals surface area contributed by atoms with E-state index in [-0.39, 0.29) is 18.9 Å². The van der Waals surface area contributed by atoms with Crippen LogP contribution in [0.25, 0.3) is 0 Å². The van der Waals surface area contributed by atoms with Gasteiger partial charge in [-0.2, -0.15) is 11.8 Å². The van der Waals surface area contributed by atoms with Crippen molar-refractivity contribution >= 4 is 35.5 Å². The Morgan fingerprint density at radius 1 is 1.00 bits per heavy atom. The number of guanidine groups is 1. The van der Waals surface area contributed by atoms with Crippen LogP contribution in [0.15, 0.2) is 4.99 Å². The summed E-state index contributed by atoms with van der Waals surface area (Å²) in [4.78, 5) is 40.1. The zero-order valence-corrected chi connectivity index (χ0v) is 17.7. The molecule has 0 aliphatic rings. The van der Waals surface area contributed by atoms with Crippen molar-refractivity contribution in [3.8, 4) is 0 Å². The van der Waals surface area contributed by atoms with Gasteiger partial charge in [0.25, 0.3) is 0 Å². The van der Waals surface area contributed by atoms with E-state index in [1.807, 2.05) is 6.26 Å². The number of aliphatic carboxylic acids is 1. The molecule has 0 unspecified atom stereocenters. The fourth-order valence-electron chi connectivity index (χ4n) is 2.46. The summed E-state index contributed by atoms with van der Waals surface area (Å²) in [6.07, 6.45) is 4.69. The van der Waals surface area contributed by atoms with Gasteiger partial charge in [0, 0.05) is 6.54 Å². The lowest BCUT2D eigenvalue weighted by atomic mass is 10.1. The van der Waals surface area contributed by atoms with E-state index >= 15 is 0 Å². The third-order valence-corrected chi connectivity index (χ3v) is 4.75. The lowest BCUT2D eigenvalue weighted by molar-refractivity contribution is -0.142. The lowest BCUT2D eigenvalue weighted by Gasteiger charge is -2.22. The van der Waals surface area contributed by atoms with Crippen molar-refractivity contribution < 1.29 is 19.5 Å². The molecule has 0 saturated heterocycles. The number of rotatable bonds is 16. The monoisotopic (exact) mass is 433 g/mol. The summed E-state index contributed by atoms with van der Waals surface area (Å²) in [6.45, 7) is 0.777. The van der Waals surface area contributed by atoms with Crippen molar-refractivity contribution in [3.05, 3.63) is 0 Å². The predicted octanol–water partition coefficient (Wildman–Crippen LogP) is -1.70. The van der Waals surface area contributed by atoms with Gasteiger partial charge in [0.15, 0.2) is 5.96 Å². The number of carbonyl (C=O) groups excluding carboxylic acids is 2. The SMILES string of the molecule is CSCC[C@H](NC(=O)[C@@H](N)CCCCN)C(=O)N[C@@H](CCCN=C(N)N)C(=O)O. The molecule has 0 aromatic carbocycles. The van der Waals surface area contributed by atoms with E-state index in [4.69, 9.17) is 22.9 Å². The smallest absolute Gasteiger partial charge is 0.326 e. The Hall–Kier alpha value is -2.05. The van der Waals surface area contributed by atoms with Gasteiger partial charge in [-0.1, -0.05) is 6.42 Å². The first-order chi connectivity index (χ1) is 13.7. The minimum absolute atomic E-state index is 0.0800. The molecular weight excluding hydrogens is 398 g/mol. The van der Waals surface area contributed by atoms with Gasteiger partial charge < -0.3 is 38.7 Å². The second kappa shape index (κ2) is 15.8. The van der Waals surface area contributed by atoms with Gasteiger partial charge in [-0.3, -0.25) is 14.6 Å². The quantitative estimate of drug-likeness (QED) is 0.0838. The highest BCUT2D eigenvalue weighted by molar-refractivity contribution is 7.98. The standard InChI is InChI=1S/C17H35N7O4S/c1-29-10-7-12(23-14(25)11(19)5-2-3-8-18)15(26)24-13(16(27)28)6-4-9-22-17(20)21/h11-13H,2-10,18-19H2,1H3,(H,23,25)(H,24,26)(H,27,28)(H4,20,21,22)/t11-,12-,13-/m0/s1. The molecule has 0 rings (SSSR count). The maximum Gasteiger partial charge on any atom is 0.326 e. The second-order valence-electron chi connectivity index (χ2n) is 6.58. The Labute approximate surface area is 175 Å². The molecule has 0 spiro atoms. The normalized spacial score (nSPS) is 13.8. The summed E-state index contributed by atoms with van der Waals surface area (Å²) in [5.74, 6) is -1.64. The number of thioether (sulfide) groups is 1. The molecule has 0 heterocycles. The Bertz CT molecular complexity index is 544. The molecule has 0 aromatic heterocycles. The summed E-state index contributed by atoms with van der Waals surface area (Å²) in [7, 11) is 0. The zero-order chi connectivity index (χ0) is 22.2. The molecule has 3 atom stereocenters. The number of amides is 2. The van der Waals surface area contributed by atoms with E-state index in [9.17, 15) is 19.5 Å². The van der Waals surface area contributed by atoms with Crippen LogP contribution in [-0.2, 0) is 14.4 Å². The summed E-state index contributed by atoms with van der Waals surface area (Å²) in [5, 5.41) is 14.5. The van der Waals surface area contributed by atoms with Crippen LogP contribution in [0.5, 0.6) is 0 Å². The van der Waals surface area contributed by atoms with E-state index < -0.39 is 35.9 Å². The Morgan fingerprint density at radius 2 is 1.66 bits per heavy atom. The minimum Gasteiger partial charge on any atom is -0.480 e. The van der Waals surface area contributed by atoms with Crippen molar-refractivity contribution in [2.75, 3.05) is 25.1 Å². The molecule has 0 bridgehead atoms. The average Bonchev–Trinajstić information content (AvgIpc) is 2.66. The molecule has 0 aliphatic carbocycles. The van der Waals surface area contributed by atoms with E-state index in [1.54, 1.807) is 0 Å². The van der Waals surface area contributed by atoms with Crippen molar-refractivity contribution in [3.63, 3.8) is 0 Å². The number of carbonyl (C=O) groups is 3. The van der Waals surface area contributed by atoms with Crippen LogP contribution in [-0.4, -0.2) is 72.1 Å². The largest absolute Gasteiger partial charge is 0.480 e. The summed E-state index contributed by atoms with van der Waals surface area (Å²) in [5.41, 5.74) is 21.8. The van der Waals surface area contributed by atoms with Crippen molar-refractivity contribution in [1.82, 2.24) is 10.6 Å². The molecule has 11 N–H and O–H groups in total. The first-order valence-corrected chi connectivity index (χ1v) is 11.0. The fraction of sp³-hybridized carbons (Fsp3) is 0.765. The highest BCUT2D eigenvalue weighted by Gasteiger charge is 2.27. The highest BCUT2D eigenvalue weighted by atomic mass is 32.2. The molecule has 11 nitrogen and oxygen atoms in total. The molecule has 2 amide bonds. The van der Waals surface area contributed by atoms with Crippen LogP contribution < -0.4 is 33.6 Å². The molecule has 168 valence electrons. The number of hydrogen-bond acceptors (Lipinski definition) is 7. The first kappa shape index (κ1) is 27.0. The molecular formula is C17H35N7O4S. The van der Waals surface area contributed by atoms with E-state index in [0.717, 1.165) is 6.42 Å². The number of hydrogen-bond donors (Lipinski definition) is 7. The van der Waals surface area contributed by atoms with Gasteiger partial charge in [0.2, 0.25) is 11.8 Å². The molecule has 0 fully saturated rings. The van der Waals surface area contributed by atoms with Gasteiger partial charge in [-0.25, -0.2) is 4.79 Å². The topological polar surface area (TPSA) is 212 Å². The average molecular weight is 434 g/mol. The van der Waals surface area contributed by atoms with Crippen LogP contribution in [0.4, 0.5) is 0 Å². The number of carboxylic acids is 1. The van der Waals surface area contributed by atoms with Crippen LogP contribution in [0.1, 0.15) is 38.5 Å². The fourth-order valence-corrected chi connectivity index (χ4v) is 2.93. The molecule has 29 heavy (non-hydrogen) atoms. The zero-order valence-electron chi connectivity index (χ0n) is 16.9. The van der Waals surface area contributed by atoms with Gasteiger partial charge in [-0.15, -0.1) is 0 Å². The lowest BCUT2D eigenvalue weighted by Crippen LogP contribution is -2.54. The molecule has 0 aromatic rings. The van der Waals surface area contributed by atoms with Crippen LogP contribution >= 0.6 is 11.8 Å². The van der Waals surface area contributed by atoms with Crippen LogP contribution in [0.3, 0.4) is 0 Å². The number of nitrogens with one attached hydrogen (secondary N) is 2. The minimum atomic E-state index is -1.17. The predicted molar refractivity (Wildman–Crippen MR) is 115 cm³/mol. The van der Waals surface area contributed by atoms with E-state index in [1.165, 1.54) is 11.8 Å². The van der Waals surface area contributed by atoms with Crippen molar-refractivity contribution in [1.29, 1.82) is 0 Å². The van der Waals surface area contributed by atoms with Gasteiger partial charge in [0.05, 0.1) is 6.04 Å². The van der Waals surface area contributed by atoms with Crippen LogP contribution in [0, 0.1) is 0 Å². The van der Waals surface area contributed by atoms with Crippen molar-refractivity contribution in [2.24, 2.45) is 27.9 Å². The number of unbranched alkanes of at least 4 members (excludes halogenated alkanes) is 1.